The van der Waals surface area contributed by atoms with Crippen molar-refractivity contribution in [2.45, 2.75) is 105 Å². The molecular weight excluding hydrogens is 438 g/mol. The van der Waals surface area contributed by atoms with E-state index in [9.17, 15) is 0 Å². The van der Waals surface area contributed by atoms with Crippen LogP contribution in [0.2, 0.25) is 0 Å². The van der Waals surface area contributed by atoms with E-state index in [0.29, 0.717) is 12.1 Å². The van der Waals surface area contributed by atoms with Crippen molar-refractivity contribution >= 4 is 0 Å². The maximum absolute atomic E-state index is 5.30. The van der Waals surface area contributed by atoms with E-state index >= 15 is 0 Å². The molecule has 0 saturated heterocycles. The Balaban J connectivity index is 0.000000145. The van der Waals surface area contributed by atoms with Crippen molar-refractivity contribution in [2.24, 2.45) is 0 Å². The first-order valence-electron chi connectivity index (χ1n) is 12.7. The van der Waals surface area contributed by atoms with Crippen LogP contribution in [0.15, 0.2) is 18.6 Å². The van der Waals surface area contributed by atoms with Gasteiger partial charge >= 0.3 is 0 Å². The third kappa shape index (κ3) is 6.41. The van der Waals surface area contributed by atoms with Crippen LogP contribution in [0.4, 0.5) is 0 Å². The average Bonchev–Trinajstić information content (AvgIpc) is 3.56. The van der Waals surface area contributed by atoms with Gasteiger partial charge in [0, 0.05) is 36.8 Å². The Labute approximate surface area is 211 Å². The minimum absolute atomic E-state index is 0. The van der Waals surface area contributed by atoms with E-state index < -0.39 is 0 Å². The number of ether oxygens (including phenoxy) is 1. The molecule has 0 aromatic carbocycles. The lowest BCUT2D eigenvalue weighted by Gasteiger charge is -2.23. The quantitative estimate of drug-likeness (QED) is 0.595. The summed E-state index contributed by atoms with van der Waals surface area (Å²) in [5.41, 5.74) is 8.25. The summed E-state index contributed by atoms with van der Waals surface area (Å²) in [6.07, 6.45) is 14.7. The Hall–Kier alpha value is -2.45. The minimum Gasteiger partial charge on any atom is -0.380 e. The van der Waals surface area contributed by atoms with Gasteiger partial charge in [-0.3, -0.25) is 14.0 Å². The second kappa shape index (κ2) is 12.5. The van der Waals surface area contributed by atoms with E-state index in [1.54, 1.807) is 7.11 Å². The highest BCUT2D eigenvalue weighted by Gasteiger charge is 2.20. The van der Waals surface area contributed by atoms with Gasteiger partial charge in [-0.25, -0.2) is 0 Å². The Kier molecular flexibility index (Phi) is 9.69. The van der Waals surface area contributed by atoms with Crippen molar-refractivity contribution in [1.82, 2.24) is 34.7 Å². The monoisotopic (exact) mass is 483 g/mol. The van der Waals surface area contributed by atoms with E-state index in [2.05, 4.69) is 55.4 Å². The van der Waals surface area contributed by atoms with Crippen LogP contribution in [0.25, 0.3) is 0 Å². The van der Waals surface area contributed by atoms with Crippen molar-refractivity contribution < 1.29 is 4.74 Å². The first-order chi connectivity index (χ1) is 16.5. The number of nitrogens with zero attached hydrogens (tertiary/aromatic N) is 6. The molecule has 3 aliphatic rings. The highest BCUT2D eigenvalue weighted by Crippen LogP contribution is 2.19. The van der Waals surface area contributed by atoms with Crippen LogP contribution < -0.4 is 5.32 Å². The van der Waals surface area contributed by atoms with Gasteiger partial charge in [-0.1, -0.05) is 7.43 Å². The standard InChI is InChI=1S/C9H15N3.C9H14N2O.C8H12N2.CH4/c1-7-5-11-12-6-8(10-2)3-4-9(7)12;1-7-5-10-11-6-8(12-2)3-4-9(7)11;1-7-6-9-10-5-3-2-4-8(7)10;/h5,8,10H,3-4,6H2,1-2H3;5,8H,3-4,6H2,1-2H3;6H,2-5H2,1H3;1H4/t2*8-;;/m00../s1. The summed E-state index contributed by atoms with van der Waals surface area (Å²) < 4.78 is 11.6. The SMILES string of the molecule is C.CN[C@H]1CCc2c(C)cnn2C1.CO[C@H]1CCc2c(C)cnn2C1.Cc1cnn2c1CCCC2. The number of aryl methyl sites for hydroxylation is 4. The Morgan fingerprint density at radius 1 is 0.771 bits per heavy atom. The molecule has 3 aromatic heterocycles. The highest BCUT2D eigenvalue weighted by molar-refractivity contribution is 5.18. The fraction of sp³-hybridized carbons (Fsp3) is 0.667. The Bertz CT molecular complexity index is 1010. The molecule has 0 unspecified atom stereocenters. The number of methoxy groups -OCH3 is 1. The first-order valence-corrected chi connectivity index (χ1v) is 12.7. The zero-order valence-corrected chi connectivity index (χ0v) is 21.5. The van der Waals surface area contributed by atoms with Gasteiger partial charge in [0.25, 0.3) is 0 Å². The summed E-state index contributed by atoms with van der Waals surface area (Å²) in [5.74, 6) is 0. The van der Waals surface area contributed by atoms with Crippen molar-refractivity contribution in [2.75, 3.05) is 14.2 Å². The molecule has 0 bridgehead atoms. The largest absolute Gasteiger partial charge is 0.380 e. The van der Waals surface area contributed by atoms with Crippen molar-refractivity contribution in [3.05, 3.63) is 52.4 Å². The lowest BCUT2D eigenvalue weighted by Crippen LogP contribution is -2.35. The fourth-order valence-corrected chi connectivity index (χ4v) is 5.17. The van der Waals surface area contributed by atoms with Crippen LogP contribution in [-0.4, -0.2) is 55.6 Å². The summed E-state index contributed by atoms with van der Waals surface area (Å²) in [7, 11) is 3.79. The van der Waals surface area contributed by atoms with Crippen LogP contribution in [-0.2, 0) is 43.6 Å². The third-order valence-corrected chi connectivity index (χ3v) is 7.45. The number of hydrogen-bond donors (Lipinski definition) is 1. The molecule has 2 atom stereocenters. The van der Waals surface area contributed by atoms with Gasteiger partial charge in [0.15, 0.2) is 0 Å². The average molecular weight is 484 g/mol. The lowest BCUT2D eigenvalue weighted by molar-refractivity contribution is 0.0672. The normalized spacial score (nSPS) is 20.1. The summed E-state index contributed by atoms with van der Waals surface area (Å²) in [6, 6.07) is 0.608. The lowest BCUT2D eigenvalue weighted by atomic mass is 10.0. The molecule has 6 heterocycles. The maximum Gasteiger partial charge on any atom is 0.0771 e. The first kappa shape index (κ1) is 27.1. The van der Waals surface area contributed by atoms with E-state index in [1.807, 2.05) is 25.6 Å². The van der Waals surface area contributed by atoms with Crippen LogP contribution in [0, 0.1) is 20.8 Å². The molecule has 0 amide bonds. The van der Waals surface area contributed by atoms with Gasteiger partial charge in [-0.05, 0) is 89.5 Å². The summed E-state index contributed by atoms with van der Waals surface area (Å²) >= 11 is 0. The van der Waals surface area contributed by atoms with Crippen molar-refractivity contribution in [1.29, 1.82) is 0 Å². The molecule has 3 aliphatic heterocycles. The Morgan fingerprint density at radius 2 is 1.31 bits per heavy atom. The predicted octanol–water partition coefficient (Wildman–Crippen LogP) is 4.04. The molecule has 8 heteroatoms. The molecular formula is C27H45N7O. The molecule has 1 N–H and O–H groups in total. The molecule has 6 rings (SSSR count). The van der Waals surface area contributed by atoms with E-state index in [4.69, 9.17) is 4.74 Å². The number of aromatic nitrogens is 6. The Morgan fingerprint density at radius 3 is 1.89 bits per heavy atom. The smallest absolute Gasteiger partial charge is 0.0771 e. The maximum atomic E-state index is 5.30. The molecule has 0 fully saturated rings. The van der Waals surface area contributed by atoms with Crippen LogP contribution >= 0.6 is 0 Å². The minimum atomic E-state index is 0. The number of rotatable bonds is 2. The molecule has 3 aromatic rings. The molecule has 35 heavy (non-hydrogen) atoms. The number of fused-ring (bicyclic) bond motifs is 3. The van der Waals surface area contributed by atoms with Crippen molar-refractivity contribution in [3.63, 3.8) is 0 Å². The van der Waals surface area contributed by atoms with Gasteiger partial charge in [0.1, 0.15) is 0 Å². The second-order valence-electron chi connectivity index (χ2n) is 9.79. The molecule has 0 saturated carbocycles. The number of likely N-dealkylation sites (N-methyl/N-ethyl adjacent to an activating group) is 1. The predicted molar refractivity (Wildman–Crippen MR) is 141 cm³/mol. The van der Waals surface area contributed by atoms with Gasteiger partial charge < -0.3 is 10.1 Å². The topological polar surface area (TPSA) is 74.7 Å². The molecule has 194 valence electrons. The number of nitrogens with one attached hydrogen (secondary N) is 1. The number of hydrogen-bond acceptors (Lipinski definition) is 5. The van der Waals surface area contributed by atoms with Crippen LogP contribution in [0.5, 0.6) is 0 Å². The molecule has 0 radical (unpaired) electrons. The van der Waals surface area contributed by atoms with E-state index in [0.717, 1.165) is 38.9 Å². The van der Waals surface area contributed by atoms with Gasteiger partial charge in [0.2, 0.25) is 0 Å². The molecule has 0 spiro atoms. The molecule has 8 nitrogen and oxygen atoms in total. The molecule has 0 aliphatic carbocycles. The van der Waals surface area contributed by atoms with Gasteiger partial charge in [-0.2, -0.15) is 15.3 Å². The summed E-state index contributed by atoms with van der Waals surface area (Å²) in [5, 5.41) is 16.2. The highest BCUT2D eigenvalue weighted by atomic mass is 16.5. The van der Waals surface area contributed by atoms with Crippen LogP contribution in [0.3, 0.4) is 0 Å². The van der Waals surface area contributed by atoms with E-state index in [-0.39, 0.29) is 7.43 Å². The third-order valence-electron chi connectivity index (χ3n) is 7.45. The summed E-state index contributed by atoms with van der Waals surface area (Å²) in [4.78, 5) is 0. The van der Waals surface area contributed by atoms with Gasteiger partial charge in [0.05, 0.1) is 37.8 Å². The zero-order chi connectivity index (χ0) is 24.1. The van der Waals surface area contributed by atoms with Gasteiger partial charge in [-0.15, -0.1) is 0 Å². The van der Waals surface area contributed by atoms with E-state index in [1.165, 1.54) is 59.5 Å². The van der Waals surface area contributed by atoms with Crippen LogP contribution in [0.1, 0.15) is 66.9 Å². The fourth-order valence-electron chi connectivity index (χ4n) is 5.17. The zero-order valence-electron chi connectivity index (χ0n) is 21.5. The summed E-state index contributed by atoms with van der Waals surface area (Å²) in [6.45, 7) is 9.47. The second-order valence-corrected chi connectivity index (χ2v) is 9.79. The van der Waals surface area contributed by atoms with Crippen molar-refractivity contribution in [3.8, 4) is 0 Å².